The third-order valence-electron chi connectivity index (χ3n) is 5.62. The maximum Gasteiger partial charge on any atom is 0.0958 e. The van der Waals surface area contributed by atoms with E-state index in [4.69, 9.17) is 4.98 Å². The van der Waals surface area contributed by atoms with Crippen molar-refractivity contribution in [3.05, 3.63) is 60.9 Å². The summed E-state index contributed by atoms with van der Waals surface area (Å²) in [7, 11) is 0. The Kier molecular flexibility index (Phi) is 4.09. The molecule has 0 atom stereocenters. The Morgan fingerprint density at radius 1 is 1.00 bits per heavy atom. The number of benzene rings is 1. The summed E-state index contributed by atoms with van der Waals surface area (Å²) in [6.07, 6.45) is 13.0. The molecule has 7 heteroatoms. The molecule has 7 nitrogen and oxygen atoms in total. The molecule has 3 aromatic heterocycles. The number of nitriles is 1. The Balaban J connectivity index is 1.53. The average Bonchev–Trinajstić information content (AvgIpc) is 3.44. The van der Waals surface area contributed by atoms with Gasteiger partial charge in [-0.05, 0) is 43.4 Å². The molecule has 0 amide bonds. The monoisotopic (exact) mass is 369 g/mol. The molecule has 5 rings (SSSR count). The predicted octanol–water partition coefficient (Wildman–Crippen LogP) is 3.77. The minimum absolute atomic E-state index is 0.185. The van der Waals surface area contributed by atoms with Gasteiger partial charge in [0.2, 0.25) is 0 Å². The van der Waals surface area contributed by atoms with Crippen LogP contribution in [0.25, 0.3) is 22.3 Å². The van der Waals surface area contributed by atoms with Crippen molar-refractivity contribution in [2.75, 3.05) is 0 Å². The highest BCUT2D eigenvalue weighted by atomic mass is 15.4. The Morgan fingerprint density at radius 2 is 1.82 bits per heavy atom. The highest BCUT2D eigenvalue weighted by molar-refractivity contribution is 5.82. The third kappa shape index (κ3) is 2.83. The van der Waals surface area contributed by atoms with E-state index in [1.807, 2.05) is 41.4 Å². The molecule has 1 aliphatic rings. The van der Waals surface area contributed by atoms with Crippen LogP contribution in [0.4, 0.5) is 0 Å². The molecule has 4 aromatic rings. The lowest BCUT2D eigenvalue weighted by Crippen LogP contribution is -2.14. The van der Waals surface area contributed by atoms with E-state index in [1.54, 1.807) is 10.9 Å². The van der Waals surface area contributed by atoms with Crippen molar-refractivity contribution in [2.24, 2.45) is 5.92 Å². The van der Waals surface area contributed by atoms with Crippen molar-refractivity contribution in [2.45, 2.75) is 31.6 Å². The normalized spacial score (nSPS) is 19.5. The van der Waals surface area contributed by atoms with Crippen molar-refractivity contribution in [1.82, 2.24) is 29.6 Å². The van der Waals surface area contributed by atoms with Crippen molar-refractivity contribution in [1.29, 1.82) is 5.26 Å². The minimum atomic E-state index is 0.185. The second-order valence-corrected chi connectivity index (χ2v) is 7.24. The Labute approximate surface area is 162 Å². The number of fused-ring (bicyclic) bond motifs is 1. The first-order valence-corrected chi connectivity index (χ1v) is 9.52. The molecule has 0 spiro atoms. The lowest BCUT2D eigenvalue weighted by Gasteiger charge is -2.24. The van der Waals surface area contributed by atoms with Gasteiger partial charge in [0.05, 0.1) is 41.6 Å². The van der Waals surface area contributed by atoms with E-state index < -0.39 is 0 Å². The van der Waals surface area contributed by atoms with Crippen molar-refractivity contribution < 1.29 is 0 Å². The van der Waals surface area contributed by atoms with Crippen LogP contribution in [0, 0.1) is 17.2 Å². The standard InChI is InChI=1S/C21H19N7/c22-13-15-1-3-17(4-2-15)20-21-19(14-25-28(21)11-9-23-20)16-5-7-18(8-6-16)27-12-10-24-26-27/h5-12,14-15,17H,1-4H2. The molecule has 1 aliphatic carbocycles. The molecule has 0 unspecified atom stereocenters. The van der Waals surface area contributed by atoms with Crippen LogP contribution < -0.4 is 0 Å². The summed E-state index contributed by atoms with van der Waals surface area (Å²) in [5.74, 6) is 0.558. The maximum absolute atomic E-state index is 9.18. The van der Waals surface area contributed by atoms with Crippen LogP contribution in [0.5, 0.6) is 0 Å². The lowest BCUT2D eigenvalue weighted by molar-refractivity contribution is 0.378. The summed E-state index contributed by atoms with van der Waals surface area (Å²) in [5, 5.41) is 21.6. The van der Waals surface area contributed by atoms with Crippen LogP contribution in [0.3, 0.4) is 0 Å². The lowest BCUT2D eigenvalue weighted by atomic mass is 9.80. The maximum atomic E-state index is 9.18. The van der Waals surface area contributed by atoms with E-state index in [0.29, 0.717) is 5.92 Å². The molecule has 28 heavy (non-hydrogen) atoms. The summed E-state index contributed by atoms with van der Waals surface area (Å²) in [6, 6.07) is 10.6. The van der Waals surface area contributed by atoms with Crippen molar-refractivity contribution in [3.8, 4) is 22.9 Å². The molecule has 0 N–H and O–H groups in total. The van der Waals surface area contributed by atoms with E-state index in [-0.39, 0.29) is 5.92 Å². The van der Waals surface area contributed by atoms with Crippen molar-refractivity contribution >= 4 is 5.52 Å². The molecule has 0 saturated heterocycles. The largest absolute Gasteiger partial charge is 0.257 e. The molecule has 0 aliphatic heterocycles. The zero-order chi connectivity index (χ0) is 18.9. The van der Waals surface area contributed by atoms with Gasteiger partial charge in [0, 0.05) is 29.8 Å². The molecule has 138 valence electrons. The predicted molar refractivity (Wildman–Crippen MR) is 104 cm³/mol. The molecular weight excluding hydrogens is 350 g/mol. The molecule has 1 fully saturated rings. The van der Waals surface area contributed by atoms with Gasteiger partial charge in [0.1, 0.15) is 0 Å². The number of hydrogen-bond donors (Lipinski definition) is 0. The first kappa shape index (κ1) is 16.6. The first-order chi connectivity index (χ1) is 13.8. The van der Waals surface area contributed by atoms with Gasteiger partial charge in [-0.15, -0.1) is 5.10 Å². The van der Waals surface area contributed by atoms with Gasteiger partial charge < -0.3 is 0 Å². The van der Waals surface area contributed by atoms with E-state index in [9.17, 15) is 5.26 Å². The number of aromatic nitrogens is 6. The van der Waals surface area contributed by atoms with Crippen LogP contribution in [-0.4, -0.2) is 29.6 Å². The fourth-order valence-corrected chi connectivity index (χ4v) is 4.11. The summed E-state index contributed by atoms with van der Waals surface area (Å²) < 4.78 is 3.65. The van der Waals surface area contributed by atoms with Crippen LogP contribution in [0.15, 0.2) is 55.2 Å². The van der Waals surface area contributed by atoms with Crippen LogP contribution in [-0.2, 0) is 0 Å². The number of nitrogens with zero attached hydrogens (tertiary/aromatic N) is 7. The summed E-state index contributed by atoms with van der Waals surface area (Å²) >= 11 is 0. The zero-order valence-electron chi connectivity index (χ0n) is 15.3. The fraction of sp³-hybridized carbons (Fsp3) is 0.286. The van der Waals surface area contributed by atoms with Gasteiger partial charge in [-0.2, -0.15) is 10.4 Å². The fourth-order valence-electron chi connectivity index (χ4n) is 4.11. The summed E-state index contributed by atoms with van der Waals surface area (Å²) in [5.41, 5.74) is 5.29. The van der Waals surface area contributed by atoms with Crippen LogP contribution in [0.1, 0.15) is 37.3 Å². The van der Waals surface area contributed by atoms with E-state index in [0.717, 1.165) is 53.7 Å². The van der Waals surface area contributed by atoms with Crippen LogP contribution in [0.2, 0.25) is 0 Å². The third-order valence-corrected chi connectivity index (χ3v) is 5.62. The molecular formula is C21H19N7. The van der Waals surface area contributed by atoms with Crippen molar-refractivity contribution in [3.63, 3.8) is 0 Å². The zero-order valence-corrected chi connectivity index (χ0v) is 15.3. The summed E-state index contributed by atoms with van der Waals surface area (Å²) in [4.78, 5) is 4.73. The van der Waals surface area contributed by atoms with E-state index in [2.05, 4.69) is 33.6 Å². The van der Waals surface area contributed by atoms with E-state index >= 15 is 0 Å². The smallest absolute Gasteiger partial charge is 0.0958 e. The molecule has 0 bridgehead atoms. The first-order valence-electron chi connectivity index (χ1n) is 9.52. The van der Waals surface area contributed by atoms with Crippen LogP contribution >= 0.6 is 0 Å². The molecule has 0 radical (unpaired) electrons. The Bertz CT molecular complexity index is 1130. The van der Waals surface area contributed by atoms with E-state index in [1.165, 1.54) is 0 Å². The van der Waals surface area contributed by atoms with Gasteiger partial charge in [-0.25, -0.2) is 9.20 Å². The SMILES string of the molecule is N#CC1CCC(c2nccn3ncc(-c4ccc(-n5ccnn5)cc4)c23)CC1. The van der Waals surface area contributed by atoms with Gasteiger partial charge in [0.15, 0.2) is 0 Å². The second kappa shape index (κ2) is 6.89. The van der Waals surface area contributed by atoms with Gasteiger partial charge in [-0.1, -0.05) is 17.3 Å². The molecule has 3 heterocycles. The Hall–Kier alpha value is -3.53. The quantitative estimate of drug-likeness (QED) is 0.549. The average molecular weight is 369 g/mol. The van der Waals surface area contributed by atoms with Gasteiger partial charge in [0.25, 0.3) is 0 Å². The number of hydrogen-bond acceptors (Lipinski definition) is 5. The van der Waals surface area contributed by atoms with Gasteiger partial charge in [-0.3, -0.25) is 4.98 Å². The topological polar surface area (TPSA) is 84.7 Å². The Morgan fingerprint density at radius 3 is 2.54 bits per heavy atom. The molecule has 1 saturated carbocycles. The minimum Gasteiger partial charge on any atom is -0.257 e. The summed E-state index contributed by atoms with van der Waals surface area (Å²) in [6.45, 7) is 0. The highest BCUT2D eigenvalue weighted by Gasteiger charge is 2.26. The second-order valence-electron chi connectivity index (χ2n) is 7.24. The number of rotatable bonds is 3. The highest BCUT2D eigenvalue weighted by Crippen LogP contribution is 2.38. The molecule has 1 aromatic carbocycles. The van der Waals surface area contributed by atoms with Gasteiger partial charge >= 0.3 is 0 Å².